The lowest BCUT2D eigenvalue weighted by atomic mass is 10.1. The molecule has 0 saturated carbocycles. The van der Waals surface area contributed by atoms with Crippen LogP contribution in [0.15, 0.2) is 83.5 Å². The van der Waals surface area contributed by atoms with Crippen LogP contribution in [0.2, 0.25) is 0 Å². The van der Waals surface area contributed by atoms with E-state index in [0.717, 1.165) is 16.6 Å². The van der Waals surface area contributed by atoms with Crippen molar-refractivity contribution in [1.82, 2.24) is 4.98 Å². The zero-order valence-corrected chi connectivity index (χ0v) is 12.8. The van der Waals surface area contributed by atoms with Crippen LogP contribution in [0.5, 0.6) is 0 Å². The molecule has 0 saturated heterocycles. The second-order valence-corrected chi connectivity index (χ2v) is 5.37. The Bertz CT molecular complexity index is 993. The van der Waals surface area contributed by atoms with E-state index in [-0.39, 0.29) is 5.91 Å². The molecule has 0 radical (unpaired) electrons. The number of nitrogens with one attached hydrogen (secondary N) is 1. The molecular weight excluding hydrogens is 300 g/mol. The van der Waals surface area contributed by atoms with Crippen LogP contribution < -0.4 is 5.32 Å². The van der Waals surface area contributed by atoms with Crippen LogP contribution in [0.25, 0.3) is 22.4 Å². The predicted molar refractivity (Wildman–Crippen MR) is 93.8 cm³/mol. The first-order chi connectivity index (χ1) is 11.8. The number of aromatic nitrogens is 1. The lowest BCUT2D eigenvalue weighted by Gasteiger charge is -2.09. The van der Waals surface area contributed by atoms with Gasteiger partial charge in [-0.3, -0.25) is 4.79 Å². The summed E-state index contributed by atoms with van der Waals surface area (Å²) in [5.41, 5.74) is 2.71. The minimum atomic E-state index is -0.174. The van der Waals surface area contributed by atoms with Crippen molar-refractivity contribution in [2.75, 3.05) is 5.32 Å². The summed E-state index contributed by atoms with van der Waals surface area (Å²) in [5, 5.41) is 3.73. The van der Waals surface area contributed by atoms with Crippen LogP contribution in [0, 0.1) is 0 Å². The van der Waals surface area contributed by atoms with E-state index in [1.807, 2.05) is 60.7 Å². The van der Waals surface area contributed by atoms with Gasteiger partial charge in [0, 0.05) is 11.1 Å². The summed E-state index contributed by atoms with van der Waals surface area (Å²) in [6.45, 7) is 0. The standard InChI is InChI=1S/C20H14N2O2/c23-20(21-14-7-2-1-3-8-14)16-13-18(19-11-6-12-24-19)22-17-10-5-4-9-15(16)17/h1-13H,(H,21,23). The molecule has 2 aromatic heterocycles. The maximum Gasteiger partial charge on any atom is 0.256 e. The fraction of sp³-hybridized carbons (Fsp3) is 0. The summed E-state index contributed by atoms with van der Waals surface area (Å²) in [6.07, 6.45) is 1.59. The highest BCUT2D eigenvalue weighted by atomic mass is 16.3. The van der Waals surface area contributed by atoms with E-state index in [1.165, 1.54) is 0 Å². The van der Waals surface area contributed by atoms with Gasteiger partial charge in [-0.15, -0.1) is 0 Å². The number of amides is 1. The Balaban J connectivity index is 1.82. The molecule has 116 valence electrons. The van der Waals surface area contributed by atoms with Crippen LogP contribution in [-0.4, -0.2) is 10.9 Å². The van der Waals surface area contributed by atoms with Gasteiger partial charge in [-0.1, -0.05) is 36.4 Å². The van der Waals surface area contributed by atoms with Gasteiger partial charge < -0.3 is 9.73 Å². The van der Waals surface area contributed by atoms with Crippen LogP contribution in [0.1, 0.15) is 10.4 Å². The number of benzene rings is 2. The Hall–Kier alpha value is -3.40. The Morgan fingerprint density at radius 1 is 0.917 bits per heavy atom. The number of carbonyl (C=O) groups excluding carboxylic acids is 1. The molecule has 0 aliphatic carbocycles. The lowest BCUT2D eigenvalue weighted by molar-refractivity contribution is 0.102. The molecule has 4 rings (SSSR count). The van der Waals surface area contributed by atoms with Crippen molar-refractivity contribution in [3.63, 3.8) is 0 Å². The highest BCUT2D eigenvalue weighted by Gasteiger charge is 2.15. The average Bonchev–Trinajstić information content (AvgIpc) is 3.16. The number of anilines is 1. The zero-order valence-electron chi connectivity index (χ0n) is 12.8. The molecule has 2 heterocycles. The maximum atomic E-state index is 12.8. The molecule has 2 aromatic carbocycles. The Morgan fingerprint density at radius 2 is 1.71 bits per heavy atom. The molecule has 0 spiro atoms. The highest BCUT2D eigenvalue weighted by molar-refractivity contribution is 6.13. The fourth-order valence-corrected chi connectivity index (χ4v) is 2.63. The van der Waals surface area contributed by atoms with Gasteiger partial charge in [0.25, 0.3) is 5.91 Å². The molecule has 0 bridgehead atoms. The summed E-state index contributed by atoms with van der Waals surface area (Å²) in [4.78, 5) is 17.4. The molecule has 1 N–H and O–H groups in total. The molecule has 4 heteroatoms. The SMILES string of the molecule is O=C(Nc1ccccc1)c1cc(-c2ccco2)nc2ccccc12. The fourth-order valence-electron chi connectivity index (χ4n) is 2.63. The van der Waals surface area contributed by atoms with E-state index >= 15 is 0 Å². The Labute approximate surface area is 138 Å². The van der Waals surface area contributed by atoms with Crippen LogP contribution in [0.3, 0.4) is 0 Å². The third-order valence-corrected chi connectivity index (χ3v) is 3.77. The van der Waals surface area contributed by atoms with Crippen molar-refractivity contribution >= 4 is 22.5 Å². The topological polar surface area (TPSA) is 55.1 Å². The Kier molecular flexibility index (Phi) is 3.56. The molecule has 4 nitrogen and oxygen atoms in total. The van der Waals surface area contributed by atoms with Gasteiger partial charge in [-0.25, -0.2) is 4.98 Å². The van der Waals surface area contributed by atoms with Crippen molar-refractivity contribution in [2.24, 2.45) is 0 Å². The second kappa shape index (κ2) is 6.01. The van der Waals surface area contributed by atoms with Crippen molar-refractivity contribution in [3.8, 4) is 11.5 Å². The van der Waals surface area contributed by atoms with Gasteiger partial charge in [0.2, 0.25) is 0 Å². The third-order valence-electron chi connectivity index (χ3n) is 3.77. The van der Waals surface area contributed by atoms with Crippen molar-refractivity contribution in [3.05, 3.63) is 84.6 Å². The normalized spacial score (nSPS) is 10.7. The minimum absolute atomic E-state index is 0.174. The molecule has 24 heavy (non-hydrogen) atoms. The summed E-state index contributed by atoms with van der Waals surface area (Å²) in [5.74, 6) is 0.460. The quantitative estimate of drug-likeness (QED) is 0.594. The first-order valence-electron chi connectivity index (χ1n) is 7.61. The van der Waals surface area contributed by atoms with E-state index in [2.05, 4.69) is 10.3 Å². The van der Waals surface area contributed by atoms with Crippen molar-refractivity contribution in [1.29, 1.82) is 0 Å². The Morgan fingerprint density at radius 3 is 2.50 bits per heavy atom. The molecule has 0 aliphatic rings. The van der Waals surface area contributed by atoms with Crippen molar-refractivity contribution in [2.45, 2.75) is 0 Å². The van der Waals surface area contributed by atoms with Crippen LogP contribution in [-0.2, 0) is 0 Å². The first kappa shape index (κ1) is 14.2. The van der Waals surface area contributed by atoms with E-state index in [0.29, 0.717) is 17.0 Å². The molecule has 0 unspecified atom stereocenters. The number of hydrogen-bond donors (Lipinski definition) is 1. The van der Waals surface area contributed by atoms with E-state index < -0.39 is 0 Å². The summed E-state index contributed by atoms with van der Waals surface area (Å²) in [7, 11) is 0. The number of rotatable bonds is 3. The molecule has 0 aliphatic heterocycles. The highest BCUT2D eigenvalue weighted by Crippen LogP contribution is 2.25. The van der Waals surface area contributed by atoms with Crippen LogP contribution in [0.4, 0.5) is 5.69 Å². The number of fused-ring (bicyclic) bond motifs is 1. The summed E-state index contributed by atoms with van der Waals surface area (Å²) in [6, 6.07) is 22.4. The smallest absolute Gasteiger partial charge is 0.256 e. The van der Waals surface area contributed by atoms with Crippen LogP contribution >= 0.6 is 0 Å². The van der Waals surface area contributed by atoms with Gasteiger partial charge in [0.1, 0.15) is 5.69 Å². The van der Waals surface area contributed by atoms with E-state index in [1.54, 1.807) is 18.4 Å². The van der Waals surface area contributed by atoms with Gasteiger partial charge in [0.15, 0.2) is 5.76 Å². The largest absolute Gasteiger partial charge is 0.463 e. The monoisotopic (exact) mass is 314 g/mol. The number of hydrogen-bond acceptors (Lipinski definition) is 3. The maximum absolute atomic E-state index is 12.8. The molecule has 4 aromatic rings. The first-order valence-corrected chi connectivity index (χ1v) is 7.61. The predicted octanol–water partition coefficient (Wildman–Crippen LogP) is 4.75. The van der Waals surface area contributed by atoms with E-state index in [4.69, 9.17) is 4.42 Å². The molecule has 0 fully saturated rings. The van der Waals surface area contributed by atoms with Gasteiger partial charge in [0.05, 0.1) is 17.3 Å². The third kappa shape index (κ3) is 2.65. The summed E-state index contributed by atoms with van der Waals surface area (Å²) < 4.78 is 5.43. The zero-order chi connectivity index (χ0) is 16.4. The van der Waals surface area contributed by atoms with Gasteiger partial charge in [-0.05, 0) is 36.4 Å². The number of nitrogens with zero attached hydrogens (tertiary/aromatic N) is 1. The lowest BCUT2D eigenvalue weighted by Crippen LogP contribution is -2.13. The van der Waals surface area contributed by atoms with Gasteiger partial charge >= 0.3 is 0 Å². The molecular formula is C20H14N2O2. The molecule has 0 atom stereocenters. The number of para-hydroxylation sites is 2. The van der Waals surface area contributed by atoms with Crippen molar-refractivity contribution < 1.29 is 9.21 Å². The number of carbonyl (C=O) groups is 1. The van der Waals surface area contributed by atoms with E-state index in [9.17, 15) is 4.79 Å². The minimum Gasteiger partial charge on any atom is -0.463 e. The molecule has 1 amide bonds. The average molecular weight is 314 g/mol. The van der Waals surface area contributed by atoms with Gasteiger partial charge in [-0.2, -0.15) is 0 Å². The second-order valence-electron chi connectivity index (χ2n) is 5.37. The number of pyridine rings is 1. The number of furan rings is 1. The summed E-state index contributed by atoms with van der Waals surface area (Å²) >= 11 is 0.